The lowest BCUT2D eigenvalue weighted by atomic mass is 9.99. The summed E-state index contributed by atoms with van der Waals surface area (Å²) >= 11 is 0. The van der Waals surface area contributed by atoms with Gasteiger partial charge >= 0.3 is 6.09 Å². The van der Waals surface area contributed by atoms with Crippen LogP contribution in [0.5, 0.6) is 11.5 Å². The number of carbonyl (C=O) groups excluding carboxylic acids is 2. The minimum Gasteiger partial charge on any atom is -0.457 e. The Morgan fingerprint density at radius 3 is 2.27 bits per heavy atom. The number of nitrogens with one attached hydrogen (secondary N) is 1. The van der Waals surface area contributed by atoms with Gasteiger partial charge in [0.2, 0.25) is 11.8 Å². The fourth-order valence-electron chi connectivity index (χ4n) is 4.93. The van der Waals surface area contributed by atoms with E-state index < -0.39 is 73.4 Å². The van der Waals surface area contributed by atoms with Crippen molar-refractivity contribution < 1.29 is 45.1 Å². The van der Waals surface area contributed by atoms with Gasteiger partial charge in [-0.15, -0.1) is 10.2 Å². The van der Waals surface area contributed by atoms with Crippen molar-refractivity contribution >= 4 is 27.5 Å². The van der Waals surface area contributed by atoms with Gasteiger partial charge in [0.25, 0.3) is 11.8 Å². The Morgan fingerprint density at radius 2 is 1.65 bits per heavy atom. The smallest absolute Gasteiger partial charge is 0.408 e. The molecule has 0 saturated carbocycles. The Kier molecular flexibility index (Phi) is 9.27. The second-order valence-corrected chi connectivity index (χ2v) is 15.7. The van der Waals surface area contributed by atoms with E-state index in [1.807, 2.05) is 18.2 Å². The lowest BCUT2D eigenvalue weighted by molar-refractivity contribution is -0.123. The molecule has 260 valence electrons. The van der Waals surface area contributed by atoms with Gasteiger partial charge in [-0.3, -0.25) is 4.79 Å². The monoisotopic (exact) mass is 700 g/mol. The molecule has 3 aromatic carbocycles. The largest absolute Gasteiger partial charge is 0.457 e. The molecular weight excluding hydrogens is 665 g/mol. The molecule has 1 aromatic heterocycles. The Balaban J connectivity index is 1.58. The molecular formula is C34H35F3N4O7S. The van der Waals surface area contributed by atoms with Crippen LogP contribution in [-0.2, 0) is 36.6 Å². The van der Waals surface area contributed by atoms with Crippen molar-refractivity contribution in [1.29, 1.82) is 0 Å². The summed E-state index contributed by atoms with van der Waals surface area (Å²) in [5.41, 5.74) is -2.15. The SMILES string of the molecule is CC(C)(C)OC(=O)NC1CC(F)(F)c2cc(F)c(-c3nnc(C(C)(C)S(C)(=O)=O)o3)cc2N(Cc2ccc(Oc3ccccc3)cc2)C1=O. The highest BCUT2D eigenvalue weighted by Gasteiger charge is 2.47. The highest BCUT2D eigenvalue weighted by Crippen LogP contribution is 2.45. The number of ether oxygens (including phenoxy) is 2. The first-order valence-corrected chi connectivity index (χ1v) is 17.0. The normalized spacial score (nSPS) is 16.5. The number of sulfone groups is 1. The molecule has 11 nitrogen and oxygen atoms in total. The van der Waals surface area contributed by atoms with Crippen molar-refractivity contribution in [2.45, 2.75) is 69.9 Å². The molecule has 1 atom stereocenters. The third kappa shape index (κ3) is 7.71. The molecule has 15 heteroatoms. The van der Waals surface area contributed by atoms with Crippen LogP contribution >= 0.6 is 0 Å². The molecule has 0 spiro atoms. The Morgan fingerprint density at radius 1 is 1.02 bits per heavy atom. The number of halogens is 3. The molecule has 1 aliphatic rings. The molecule has 4 aromatic rings. The molecule has 1 unspecified atom stereocenters. The van der Waals surface area contributed by atoms with Crippen LogP contribution in [0.1, 0.15) is 58.1 Å². The molecule has 0 radical (unpaired) electrons. The number of nitrogens with zero attached hydrogens (tertiary/aromatic N) is 3. The maximum absolute atomic E-state index is 16.0. The number of rotatable bonds is 8. The fourth-order valence-corrected chi connectivity index (χ4v) is 5.33. The molecule has 0 saturated heterocycles. The van der Waals surface area contributed by atoms with Gasteiger partial charge in [0.05, 0.1) is 17.8 Å². The number of hydrogen-bond donors (Lipinski definition) is 1. The number of amides is 2. The standard InChI is InChI=1S/C34H35F3N4O7S/c1-32(2,3)48-31(43)38-26-18-34(36,37)24-17-25(35)23(28-39-40-30(47-28)33(4,5)49(6,44)45)16-27(24)41(29(26)42)19-20-12-14-22(15-13-20)46-21-10-8-7-9-11-21/h7-17,26H,18-19H2,1-6H3,(H,38,43). The molecule has 2 heterocycles. The van der Waals surface area contributed by atoms with Crippen LogP contribution in [0.4, 0.5) is 23.7 Å². The number of alkyl carbamates (subject to hydrolysis) is 1. The quantitative estimate of drug-likeness (QED) is 0.209. The predicted octanol–water partition coefficient (Wildman–Crippen LogP) is 6.87. The van der Waals surface area contributed by atoms with E-state index in [0.29, 0.717) is 23.1 Å². The number of para-hydroxylation sites is 1. The average Bonchev–Trinajstić information content (AvgIpc) is 3.48. The molecule has 49 heavy (non-hydrogen) atoms. The summed E-state index contributed by atoms with van der Waals surface area (Å²) in [6.07, 6.45) is -1.31. The molecule has 1 N–H and O–H groups in total. The second-order valence-electron chi connectivity index (χ2n) is 13.1. The van der Waals surface area contributed by atoms with Gasteiger partial charge in [-0.1, -0.05) is 30.3 Å². The van der Waals surface area contributed by atoms with E-state index in [2.05, 4.69) is 15.5 Å². The Hall–Kier alpha value is -4.92. The fraction of sp³-hybridized carbons (Fsp3) is 0.353. The molecule has 5 rings (SSSR count). The Labute approximate surface area is 281 Å². The molecule has 0 bridgehead atoms. The van der Waals surface area contributed by atoms with Crippen LogP contribution < -0.4 is 15.0 Å². The van der Waals surface area contributed by atoms with Crippen LogP contribution in [0.2, 0.25) is 0 Å². The molecule has 2 amide bonds. The summed E-state index contributed by atoms with van der Waals surface area (Å²) in [5.74, 6) is -5.69. The summed E-state index contributed by atoms with van der Waals surface area (Å²) < 4.78 is 87.3. The van der Waals surface area contributed by atoms with Crippen LogP contribution in [0.3, 0.4) is 0 Å². The molecule has 0 aliphatic carbocycles. The summed E-state index contributed by atoms with van der Waals surface area (Å²) in [4.78, 5) is 27.8. The van der Waals surface area contributed by atoms with E-state index in [1.165, 1.54) is 13.8 Å². The van der Waals surface area contributed by atoms with Crippen molar-refractivity contribution in [2.24, 2.45) is 0 Å². The number of hydrogen-bond acceptors (Lipinski definition) is 9. The zero-order valence-corrected chi connectivity index (χ0v) is 28.4. The molecule has 1 aliphatic heterocycles. The van der Waals surface area contributed by atoms with Crippen LogP contribution in [0, 0.1) is 5.82 Å². The van der Waals surface area contributed by atoms with E-state index in [1.54, 1.807) is 57.2 Å². The number of fused-ring (bicyclic) bond motifs is 1. The average molecular weight is 701 g/mol. The van der Waals surface area contributed by atoms with Gasteiger partial charge in [0.15, 0.2) is 9.84 Å². The number of aromatic nitrogens is 2. The van der Waals surface area contributed by atoms with Gasteiger partial charge in [-0.05, 0) is 76.6 Å². The zero-order valence-electron chi connectivity index (χ0n) is 27.6. The van der Waals surface area contributed by atoms with Crippen molar-refractivity contribution in [3.8, 4) is 23.0 Å². The van der Waals surface area contributed by atoms with E-state index in [-0.39, 0.29) is 18.1 Å². The number of alkyl halides is 2. The van der Waals surface area contributed by atoms with Crippen LogP contribution in [-0.4, -0.2) is 48.5 Å². The predicted molar refractivity (Wildman–Crippen MR) is 173 cm³/mol. The van der Waals surface area contributed by atoms with E-state index >= 15 is 13.2 Å². The summed E-state index contributed by atoms with van der Waals surface area (Å²) in [6, 6.07) is 15.3. The van der Waals surface area contributed by atoms with Crippen molar-refractivity contribution in [3.05, 3.63) is 89.6 Å². The minimum absolute atomic E-state index is 0.276. The van der Waals surface area contributed by atoms with Gasteiger partial charge in [-0.2, -0.15) is 0 Å². The summed E-state index contributed by atoms with van der Waals surface area (Å²) in [6.45, 7) is 7.10. The van der Waals surface area contributed by atoms with Crippen LogP contribution in [0.25, 0.3) is 11.5 Å². The van der Waals surface area contributed by atoms with Crippen molar-refractivity contribution in [1.82, 2.24) is 15.5 Å². The third-order valence-corrected chi connectivity index (χ3v) is 9.85. The lowest BCUT2D eigenvalue weighted by Gasteiger charge is -2.27. The highest BCUT2D eigenvalue weighted by atomic mass is 32.2. The number of anilines is 1. The Bertz CT molecular complexity index is 1980. The number of carbonyl (C=O) groups is 2. The maximum atomic E-state index is 16.0. The maximum Gasteiger partial charge on any atom is 0.408 e. The number of benzene rings is 3. The summed E-state index contributed by atoms with van der Waals surface area (Å²) in [7, 11) is -3.76. The first-order valence-electron chi connectivity index (χ1n) is 15.1. The van der Waals surface area contributed by atoms with Crippen molar-refractivity contribution in [3.63, 3.8) is 0 Å². The minimum atomic E-state index is -3.82. The van der Waals surface area contributed by atoms with Crippen molar-refractivity contribution in [2.75, 3.05) is 11.2 Å². The first-order chi connectivity index (χ1) is 22.7. The van der Waals surface area contributed by atoms with Gasteiger partial charge in [-0.25, -0.2) is 26.4 Å². The zero-order chi connectivity index (χ0) is 35.9. The first kappa shape index (κ1) is 35.4. The van der Waals surface area contributed by atoms with E-state index in [4.69, 9.17) is 13.9 Å². The van der Waals surface area contributed by atoms with Gasteiger partial charge in [0.1, 0.15) is 33.7 Å². The van der Waals surface area contributed by atoms with Crippen LogP contribution in [0.15, 0.2) is 71.1 Å². The topological polar surface area (TPSA) is 141 Å². The highest BCUT2D eigenvalue weighted by molar-refractivity contribution is 7.91. The second kappa shape index (κ2) is 12.8. The summed E-state index contributed by atoms with van der Waals surface area (Å²) in [5, 5.41) is 9.84. The van der Waals surface area contributed by atoms with E-state index in [9.17, 15) is 18.0 Å². The lowest BCUT2D eigenvalue weighted by Crippen LogP contribution is -2.49. The van der Waals surface area contributed by atoms with Gasteiger partial charge in [0, 0.05) is 18.2 Å². The van der Waals surface area contributed by atoms with E-state index in [0.717, 1.165) is 17.2 Å². The van der Waals surface area contributed by atoms with Gasteiger partial charge < -0.3 is 24.1 Å². The molecule has 0 fully saturated rings. The third-order valence-electron chi connectivity index (χ3n) is 7.83.